The van der Waals surface area contributed by atoms with E-state index in [-0.39, 0.29) is 18.7 Å². The zero-order chi connectivity index (χ0) is 15.1. The van der Waals surface area contributed by atoms with Crippen molar-refractivity contribution in [3.8, 4) is 0 Å². The predicted molar refractivity (Wildman–Crippen MR) is 71.2 cm³/mol. The Balaban J connectivity index is 4.64. The van der Waals surface area contributed by atoms with Crippen molar-refractivity contribution in [1.82, 2.24) is 0 Å². The van der Waals surface area contributed by atoms with Gasteiger partial charge in [0.2, 0.25) is 0 Å². The highest BCUT2D eigenvalue weighted by Gasteiger charge is 2.40. The largest absolute Gasteiger partial charge is 0.550 e. The van der Waals surface area contributed by atoms with Crippen molar-refractivity contribution in [3.05, 3.63) is 0 Å². The number of hydrogen-bond acceptors (Lipinski definition) is 4. The number of Topliss-reactive ketones (excluding diaryl/α,β-unsaturated/α-hetero) is 1. The molecule has 0 aromatic heterocycles. The lowest BCUT2D eigenvalue weighted by atomic mass is 9.89. The number of rotatable bonds is 10. The molecule has 0 heterocycles. The van der Waals surface area contributed by atoms with Crippen LogP contribution >= 0.6 is 0 Å². The number of aliphatic hydroxyl groups is 1. The Morgan fingerprint density at radius 3 is 2.16 bits per heavy atom. The van der Waals surface area contributed by atoms with Gasteiger partial charge < -0.3 is 19.5 Å². The normalized spacial score (nSPS) is 15.0. The summed E-state index contributed by atoms with van der Waals surface area (Å²) in [6.07, 6.45) is 3.32. The Bertz CT molecular complexity index is 309. The summed E-state index contributed by atoms with van der Waals surface area (Å²) in [5.41, 5.74) is -1.82. The van der Waals surface area contributed by atoms with Crippen molar-refractivity contribution in [2.75, 3.05) is 27.7 Å². The molecule has 1 atom stereocenters. The first-order valence-corrected chi connectivity index (χ1v) is 6.87. The van der Waals surface area contributed by atoms with Crippen molar-refractivity contribution >= 4 is 11.8 Å². The van der Waals surface area contributed by atoms with E-state index in [4.69, 9.17) is 0 Å². The number of carbonyl (C=O) groups excluding carboxylic acids is 2. The van der Waals surface area contributed by atoms with E-state index in [2.05, 4.69) is 6.92 Å². The maximum atomic E-state index is 12.1. The fourth-order valence-electron chi connectivity index (χ4n) is 2.21. The summed E-state index contributed by atoms with van der Waals surface area (Å²) in [6.45, 7) is 2.15. The van der Waals surface area contributed by atoms with Crippen LogP contribution in [0.25, 0.3) is 0 Å². The van der Waals surface area contributed by atoms with E-state index < -0.39 is 18.0 Å². The molecule has 112 valence electrons. The zero-order valence-electron chi connectivity index (χ0n) is 12.6. The second-order valence-electron chi connectivity index (χ2n) is 6.26. The lowest BCUT2D eigenvalue weighted by Crippen LogP contribution is -2.56. The van der Waals surface area contributed by atoms with Crippen molar-refractivity contribution in [2.24, 2.45) is 0 Å². The van der Waals surface area contributed by atoms with Gasteiger partial charge in [-0.25, -0.2) is 0 Å². The number of carbonyl (C=O) groups is 2. The number of hydrogen-bond donors (Lipinski definition) is 1. The van der Waals surface area contributed by atoms with Gasteiger partial charge in [0.05, 0.1) is 21.1 Å². The van der Waals surface area contributed by atoms with Gasteiger partial charge in [-0.3, -0.25) is 4.79 Å². The van der Waals surface area contributed by atoms with Crippen molar-refractivity contribution in [1.29, 1.82) is 0 Å². The molecule has 0 saturated heterocycles. The van der Waals surface area contributed by atoms with Crippen LogP contribution in [0.15, 0.2) is 0 Å². The van der Waals surface area contributed by atoms with Crippen molar-refractivity contribution in [3.63, 3.8) is 0 Å². The Labute approximate surface area is 115 Å². The number of aliphatic carboxylic acids is 1. The van der Waals surface area contributed by atoms with E-state index in [9.17, 15) is 19.8 Å². The molecule has 5 nitrogen and oxygen atoms in total. The first kappa shape index (κ1) is 18.1. The van der Waals surface area contributed by atoms with Gasteiger partial charge in [0, 0.05) is 18.8 Å². The van der Waals surface area contributed by atoms with Crippen LogP contribution in [0.5, 0.6) is 0 Å². The van der Waals surface area contributed by atoms with Crippen LogP contribution in [-0.4, -0.2) is 54.6 Å². The van der Waals surface area contributed by atoms with Crippen LogP contribution in [0.3, 0.4) is 0 Å². The molecule has 0 amide bonds. The second-order valence-corrected chi connectivity index (χ2v) is 6.26. The van der Waals surface area contributed by atoms with Crippen LogP contribution in [0.4, 0.5) is 0 Å². The highest BCUT2D eigenvalue weighted by molar-refractivity contribution is 5.90. The molecule has 0 aliphatic rings. The molecule has 0 fully saturated rings. The van der Waals surface area contributed by atoms with Gasteiger partial charge in [-0.1, -0.05) is 26.2 Å². The summed E-state index contributed by atoms with van der Waals surface area (Å²) < 4.78 is 0.324. The number of ketones is 1. The summed E-state index contributed by atoms with van der Waals surface area (Å²) in [5, 5.41) is 21.1. The van der Waals surface area contributed by atoms with Gasteiger partial charge in [-0.05, 0) is 6.42 Å². The van der Waals surface area contributed by atoms with E-state index in [0.717, 1.165) is 19.3 Å². The van der Waals surface area contributed by atoms with Gasteiger partial charge in [0.15, 0.2) is 11.4 Å². The lowest BCUT2D eigenvalue weighted by Gasteiger charge is -2.34. The maximum Gasteiger partial charge on any atom is 0.177 e. The maximum absolute atomic E-state index is 12.1. The number of carboxylic acids is 1. The van der Waals surface area contributed by atoms with Gasteiger partial charge in [0.1, 0.15) is 6.54 Å². The Morgan fingerprint density at radius 1 is 1.16 bits per heavy atom. The molecule has 0 aliphatic carbocycles. The third kappa shape index (κ3) is 7.95. The SMILES string of the molecule is CCCCCCC(=O)[C@@](O)(CC(=O)[O-])C[N+](C)(C)C. The predicted octanol–water partition coefficient (Wildman–Crippen LogP) is 0.103. The highest BCUT2D eigenvalue weighted by atomic mass is 16.4. The average molecular weight is 273 g/mol. The molecule has 0 bridgehead atoms. The van der Waals surface area contributed by atoms with Gasteiger partial charge in [-0.2, -0.15) is 0 Å². The first-order chi connectivity index (χ1) is 8.60. The van der Waals surface area contributed by atoms with Gasteiger partial charge >= 0.3 is 0 Å². The Hall–Kier alpha value is -0.940. The van der Waals surface area contributed by atoms with Gasteiger partial charge in [0.25, 0.3) is 0 Å². The van der Waals surface area contributed by atoms with Crippen LogP contribution in [0.2, 0.25) is 0 Å². The molecule has 0 saturated carbocycles. The Morgan fingerprint density at radius 2 is 1.74 bits per heavy atom. The quantitative estimate of drug-likeness (QED) is 0.452. The van der Waals surface area contributed by atoms with E-state index >= 15 is 0 Å². The molecule has 0 radical (unpaired) electrons. The van der Waals surface area contributed by atoms with E-state index in [1.807, 2.05) is 21.1 Å². The minimum Gasteiger partial charge on any atom is -0.550 e. The van der Waals surface area contributed by atoms with Crippen LogP contribution in [0.1, 0.15) is 45.4 Å². The van der Waals surface area contributed by atoms with Crippen LogP contribution in [0, 0.1) is 0 Å². The Kier molecular flexibility index (Phi) is 7.23. The number of quaternary nitrogens is 1. The second kappa shape index (κ2) is 7.60. The molecule has 0 aromatic rings. The molecule has 0 aromatic carbocycles. The van der Waals surface area contributed by atoms with E-state index in [1.165, 1.54) is 0 Å². The highest BCUT2D eigenvalue weighted by Crippen LogP contribution is 2.19. The molecular weight excluding hydrogens is 246 g/mol. The molecule has 1 N–H and O–H groups in total. The third-order valence-corrected chi connectivity index (χ3v) is 2.95. The number of likely N-dealkylation sites (N-methyl/N-ethyl adjacent to an activating group) is 1. The fourth-order valence-corrected chi connectivity index (χ4v) is 2.21. The first-order valence-electron chi connectivity index (χ1n) is 6.87. The molecule has 0 rings (SSSR count). The summed E-state index contributed by atoms with van der Waals surface area (Å²) in [5.74, 6) is -1.78. The smallest absolute Gasteiger partial charge is 0.177 e. The molecular formula is C14H27NO4. The van der Waals surface area contributed by atoms with Crippen molar-refractivity contribution in [2.45, 2.75) is 51.0 Å². The monoisotopic (exact) mass is 273 g/mol. The number of nitrogens with zero attached hydrogens (tertiary/aromatic N) is 1. The molecule has 0 spiro atoms. The molecule has 5 heteroatoms. The standard InChI is InChI=1S/C14H27NO4/c1-5-6-7-8-9-12(16)14(19,10-13(17)18)11-15(2,3)4/h19H,5-11H2,1-4H3/t14-/m1/s1. The summed E-state index contributed by atoms with van der Waals surface area (Å²) in [7, 11) is 5.43. The van der Waals surface area contributed by atoms with Crippen LogP contribution < -0.4 is 5.11 Å². The summed E-state index contributed by atoms with van der Waals surface area (Å²) in [4.78, 5) is 22.8. The minimum absolute atomic E-state index is 0.0770. The lowest BCUT2D eigenvalue weighted by molar-refractivity contribution is -0.875. The van der Waals surface area contributed by atoms with Crippen LogP contribution in [-0.2, 0) is 9.59 Å². The zero-order valence-corrected chi connectivity index (χ0v) is 12.6. The van der Waals surface area contributed by atoms with Crippen molar-refractivity contribution < 1.29 is 24.3 Å². The minimum atomic E-state index is -1.82. The number of carboxylic acid groups (broad SMARTS) is 1. The fraction of sp³-hybridized carbons (Fsp3) is 0.857. The van der Waals surface area contributed by atoms with E-state index in [0.29, 0.717) is 10.9 Å². The molecule has 0 unspecified atom stereocenters. The average Bonchev–Trinajstić information content (AvgIpc) is 2.20. The van der Waals surface area contributed by atoms with E-state index in [1.54, 1.807) is 0 Å². The summed E-state index contributed by atoms with van der Waals surface area (Å²) in [6, 6.07) is 0. The third-order valence-electron chi connectivity index (χ3n) is 2.95. The molecule has 19 heavy (non-hydrogen) atoms. The summed E-state index contributed by atoms with van der Waals surface area (Å²) >= 11 is 0. The molecule has 0 aliphatic heterocycles. The topological polar surface area (TPSA) is 77.4 Å². The van der Waals surface area contributed by atoms with Gasteiger partial charge in [-0.15, -0.1) is 0 Å². The number of unbranched alkanes of at least 4 members (excludes halogenated alkanes) is 3.